The van der Waals surface area contributed by atoms with E-state index in [1.807, 2.05) is 5.01 Å². The molecule has 3 N–H and O–H groups in total. The van der Waals surface area contributed by atoms with Gasteiger partial charge in [-0.2, -0.15) is 0 Å². The van der Waals surface area contributed by atoms with Crippen molar-refractivity contribution < 1.29 is 4.79 Å². The number of hydrazine groups is 1. The normalized spacial score (nSPS) is 20.7. The molecule has 1 unspecified atom stereocenters. The lowest BCUT2D eigenvalue weighted by Crippen LogP contribution is -2.53. The zero-order valence-corrected chi connectivity index (χ0v) is 10.4. The van der Waals surface area contributed by atoms with Crippen molar-refractivity contribution in [3.05, 3.63) is 0 Å². The summed E-state index contributed by atoms with van der Waals surface area (Å²) < 4.78 is 0. The van der Waals surface area contributed by atoms with Gasteiger partial charge in [-0.25, -0.2) is 5.01 Å². The molecule has 16 heavy (non-hydrogen) atoms. The molecule has 0 aromatic heterocycles. The minimum atomic E-state index is -0.00235. The maximum absolute atomic E-state index is 11.6. The number of nitrogens with two attached hydrogens (primary N) is 1. The standard InChI is InChI=1S/C11H24N4O/c1-3-4-10(12)9-11(16)13-15-7-5-14(2)6-8-15/h10H,3-9,12H2,1-2H3,(H,13,16). The van der Waals surface area contributed by atoms with E-state index in [1.165, 1.54) is 0 Å². The smallest absolute Gasteiger partial charge is 0.235 e. The first kappa shape index (κ1) is 13.4. The Balaban J connectivity index is 2.18. The number of rotatable bonds is 5. The van der Waals surface area contributed by atoms with E-state index in [0.717, 1.165) is 39.0 Å². The maximum Gasteiger partial charge on any atom is 0.235 e. The highest BCUT2D eigenvalue weighted by atomic mass is 16.2. The number of amides is 1. The van der Waals surface area contributed by atoms with Crippen LogP contribution in [-0.2, 0) is 4.79 Å². The third kappa shape index (κ3) is 4.92. The lowest BCUT2D eigenvalue weighted by atomic mass is 10.1. The van der Waals surface area contributed by atoms with Crippen molar-refractivity contribution in [3.63, 3.8) is 0 Å². The minimum Gasteiger partial charge on any atom is -0.327 e. The summed E-state index contributed by atoms with van der Waals surface area (Å²) >= 11 is 0. The number of likely N-dealkylation sites (N-methyl/N-ethyl adjacent to an activating group) is 1. The van der Waals surface area contributed by atoms with Gasteiger partial charge in [0.15, 0.2) is 0 Å². The van der Waals surface area contributed by atoms with Crippen molar-refractivity contribution in [2.45, 2.75) is 32.2 Å². The zero-order chi connectivity index (χ0) is 12.0. The molecule has 1 atom stereocenters. The second-order valence-electron chi connectivity index (χ2n) is 4.58. The van der Waals surface area contributed by atoms with Crippen molar-refractivity contribution in [2.24, 2.45) is 5.73 Å². The van der Waals surface area contributed by atoms with Crippen LogP contribution in [0.5, 0.6) is 0 Å². The summed E-state index contributed by atoms with van der Waals surface area (Å²) in [5.41, 5.74) is 8.74. The van der Waals surface area contributed by atoms with Crippen LogP contribution in [0.1, 0.15) is 26.2 Å². The number of nitrogens with one attached hydrogen (secondary N) is 1. The zero-order valence-electron chi connectivity index (χ0n) is 10.4. The van der Waals surface area contributed by atoms with Gasteiger partial charge in [-0.15, -0.1) is 0 Å². The summed E-state index contributed by atoms with van der Waals surface area (Å²) in [7, 11) is 2.09. The predicted molar refractivity (Wildman–Crippen MR) is 64.7 cm³/mol. The first-order chi connectivity index (χ1) is 7.61. The highest BCUT2D eigenvalue weighted by Gasteiger charge is 2.16. The lowest BCUT2D eigenvalue weighted by molar-refractivity contribution is -0.127. The fourth-order valence-corrected chi connectivity index (χ4v) is 1.85. The summed E-state index contributed by atoms with van der Waals surface area (Å²) in [6, 6.07) is -0.00235. The van der Waals surface area contributed by atoms with Gasteiger partial charge in [0.1, 0.15) is 0 Å². The van der Waals surface area contributed by atoms with Crippen LogP contribution in [0.3, 0.4) is 0 Å². The van der Waals surface area contributed by atoms with Crippen LogP contribution in [0.15, 0.2) is 0 Å². The van der Waals surface area contributed by atoms with Crippen molar-refractivity contribution in [3.8, 4) is 0 Å². The topological polar surface area (TPSA) is 61.6 Å². The molecule has 0 radical (unpaired) electrons. The second-order valence-corrected chi connectivity index (χ2v) is 4.58. The van der Waals surface area contributed by atoms with Gasteiger partial charge in [0.2, 0.25) is 5.91 Å². The summed E-state index contributed by atoms with van der Waals surface area (Å²) in [4.78, 5) is 13.9. The number of hydrogen-bond donors (Lipinski definition) is 2. The Bertz CT molecular complexity index is 214. The largest absolute Gasteiger partial charge is 0.327 e. The van der Waals surface area contributed by atoms with Gasteiger partial charge in [-0.3, -0.25) is 10.2 Å². The molecule has 1 aliphatic rings. The number of nitrogens with zero attached hydrogens (tertiary/aromatic N) is 2. The predicted octanol–water partition coefficient (Wildman–Crippen LogP) is -0.217. The highest BCUT2D eigenvalue weighted by Crippen LogP contribution is 2.00. The molecule has 5 heteroatoms. The molecule has 0 bridgehead atoms. The number of piperazine rings is 1. The molecule has 1 fully saturated rings. The Kier molecular flexibility index (Phi) is 5.73. The average Bonchev–Trinajstić information content (AvgIpc) is 2.21. The molecule has 0 aromatic rings. The van der Waals surface area contributed by atoms with Gasteiger partial charge in [-0.1, -0.05) is 13.3 Å². The fraction of sp³-hybridized carbons (Fsp3) is 0.909. The van der Waals surface area contributed by atoms with E-state index in [4.69, 9.17) is 5.73 Å². The lowest BCUT2D eigenvalue weighted by Gasteiger charge is -2.32. The minimum absolute atomic E-state index is 0.00235. The number of hydrogen-bond acceptors (Lipinski definition) is 4. The molecule has 1 saturated heterocycles. The van der Waals surface area contributed by atoms with Gasteiger partial charge in [-0.05, 0) is 13.5 Å². The van der Waals surface area contributed by atoms with E-state index in [9.17, 15) is 4.79 Å². The molecule has 0 aliphatic carbocycles. The molecule has 94 valence electrons. The van der Waals surface area contributed by atoms with Gasteiger partial charge in [0.25, 0.3) is 0 Å². The Morgan fingerprint density at radius 1 is 1.38 bits per heavy atom. The van der Waals surface area contributed by atoms with Crippen LogP contribution >= 0.6 is 0 Å². The fourth-order valence-electron chi connectivity index (χ4n) is 1.85. The average molecular weight is 228 g/mol. The van der Waals surface area contributed by atoms with Crippen molar-refractivity contribution >= 4 is 5.91 Å². The SMILES string of the molecule is CCCC(N)CC(=O)NN1CCN(C)CC1. The Morgan fingerprint density at radius 2 is 2.00 bits per heavy atom. The molecule has 0 saturated carbocycles. The van der Waals surface area contributed by atoms with Crippen molar-refractivity contribution in [2.75, 3.05) is 33.2 Å². The van der Waals surface area contributed by atoms with Gasteiger partial charge in [0.05, 0.1) is 0 Å². The summed E-state index contributed by atoms with van der Waals surface area (Å²) in [6.07, 6.45) is 2.37. The van der Waals surface area contributed by atoms with Crippen LogP contribution in [0.4, 0.5) is 0 Å². The third-order valence-corrected chi connectivity index (χ3v) is 2.89. The number of carbonyl (C=O) groups is 1. The van der Waals surface area contributed by atoms with Crippen LogP contribution in [0.2, 0.25) is 0 Å². The van der Waals surface area contributed by atoms with Gasteiger partial charge < -0.3 is 10.6 Å². The molecular weight excluding hydrogens is 204 g/mol. The molecule has 0 spiro atoms. The Hall–Kier alpha value is -0.650. The van der Waals surface area contributed by atoms with Gasteiger partial charge in [0, 0.05) is 38.6 Å². The quantitative estimate of drug-likeness (QED) is 0.683. The first-order valence-electron chi connectivity index (χ1n) is 6.10. The summed E-state index contributed by atoms with van der Waals surface area (Å²) in [5, 5.41) is 1.99. The second kappa shape index (κ2) is 6.83. The van der Waals surface area contributed by atoms with E-state index in [0.29, 0.717) is 6.42 Å². The first-order valence-corrected chi connectivity index (χ1v) is 6.10. The molecule has 1 amide bonds. The molecular formula is C11H24N4O. The van der Waals surface area contributed by atoms with E-state index in [2.05, 4.69) is 24.3 Å². The monoisotopic (exact) mass is 228 g/mol. The van der Waals surface area contributed by atoms with Crippen LogP contribution in [0.25, 0.3) is 0 Å². The van der Waals surface area contributed by atoms with E-state index in [-0.39, 0.29) is 11.9 Å². The third-order valence-electron chi connectivity index (χ3n) is 2.89. The molecule has 5 nitrogen and oxygen atoms in total. The van der Waals surface area contributed by atoms with Crippen LogP contribution in [-0.4, -0.2) is 55.1 Å². The maximum atomic E-state index is 11.6. The Morgan fingerprint density at radius 3 is 2.56 bits per heavy atom. The van der Waals surface area contributed by atoms with E-state index in [1.54, 1.807) is 0 Å². The Labute approximate surface area is 97.9 Å². The highest BCUT2D eigenvalue weighted by molar-refractivity contribution is 5.76. The van der Waals surface area contributed by atoms with Crippen LogP contribution < -0.4 is 11.2 Å². The molecule has 1 aliphatic heterocycles. The summed E-state index contributed by atoms with van der Waals surface area (Å²) in [5.74, 6) is 0.0468. The van der Waals surface area contributed by atoms with E-state index >= 15 is 0 Å². The molecule has 1 heterocycles. The van der Waals surface area contributed by atoms with Crippen molar-refractivity contribution in [1.29, 1.82) is 0 Å². The summed E-state index contributed by atoms with van der Waals surface area (Å²) in [6.45, 7) is 5.87. The van der Waals surface area contributed by atoms with Crippen LogP contribution in [0, 0.1) is 0 Å². The van der Waals surface area contributed by atoms with E-state index < -0.39 is 0 Å². The molecule has 0 aromatic carbocycles. The van der Waals surface area contributed by atoms with Gasteiger partial charge >= 0.3 is 0 Å². The van der Waals surface area contributed by atoms with Crippen molar-refractivity contribution in [1.82, 2.24) is 15.3 Å². The number of carbonyl (C=O) groups excluding carboxylic acids is 1. The molecule has 1 rings (SSSR count).